The van der Waals surface area contributed by atoms with Gasteiger partial charge in [-0.05, 0) is 38.3 Å². The van der Waals surface area contributed by atoms with Gasteiger partial charge in [0.1, 0.15) is 0 Å². The number of amides is 1. The first kappa shape index (κ1) is 12.7. The fraction of sp³-hybridized carbons (Fsp3) is 0.714. The van der Waals surface area contributed by atoms with Crippen LogP contribution in [-0.2, 0) is 9.59 Å². The summed E-state index contributed by atoms with van der Waals surface area (Å²) in [6, 6.07) is 0.176. The van der Waals surface area contributed by atoms with Crippen molar-refractivity contribution in [1.29, 1.82) is 0 Å². The van der Waals surface area contributed by atoms with Crippen molar-refractivity contribution >= 4 is 11.9 Å². The van der Waals surface area contributed by atoms with Crippen LogP contribution in [0.3, 0.4) is 0 Å². The number of nitrogens with zero attached hydrogens (tertiary/aromatic N) is 1. The smallest absolute Gasteiger partial charge is 0.307 e. The fourth-order valence-corrected chi connectivity index (χ4v) is 3.87. The van der Waals surface area contributed by atoms with Gasteiger partial charge in [-0.2, -0.15) is 0 Å². The average Bonchev–Trinajstić information content (AvgIpc) is 3.03. The number of nitrogens with one attached hydrogen (secondary N) is 1. The molecule has 0 aromatic rings. The molecular formula is C14H20N2O3. The number of aliphatic carboxylic acids is 1. The normalized spacial score (nSPS) is 40.8. The van der Waals surface area contributed by atoms with Crippen molar-refractivity contribution in [1.82, 2.24) is 10.2 Å². The van der Waals surface area contributed by atoms with Gasteiger partial charge < -0.3 is 15.3 Å². The summed E-state index contributed by atoms with van der Waals surface area (Å²) in [5.41, 5.74) is 0. The second-order valence-corrected chi connectivity index (χ2v) is 6.09. The molecule has 5 nitrogen and oxygen atoms in total. The van der Waals surface area contributed by atoms with Crippen LogP contribution in [0.4, 0.5) is 0 Å². The van der Waals surface area contributed by atoms with E-state index in [1.54, 1.807) is 0 Å². The Hall–Kier alpha value is -1.36. The van der Waals surface area contributed by atoms with Gasteiger partial charge in [0.25, 0.3) is 0 Å². The van der Waals surface area contributed by atoms with E-state index in [4.69, 9.17) is 0 Å². The van der Waals surface area contributed by atoms with E-state index < -0.39 is 11.9 Å². The Morgan fingerprint density at radius 2 is 1.95 bits per heavy atom. The summed E-state index contributed by atoms with van der Waals surface area (Å²) >= 11 is 0. The number of carboxylic acid groups (broad SMARTS) is 1. The number of likely N-dealkylation sites (N-methyl/N-ethyl adjacent to an activating group) is 1. The van der Waals surface area contributed by atoms with Crippen molar-refractivity contribution in [3.05, 3.63) is 12.2 Å². The minimum atomic E-state index is -0.833. The fourth-order valence-electron chi connectivity index (χ4n) is 3.87. The zero-order valence-electron chi connectivity index (χ0n) is 11.1. The van der Waals surface area contributed by atoms with Crippen molar-refractivity contribution in [2.75, 3.05) is 20.1 Å². The van der Waals surface area contributed by atoms with Crippen molar-refractivity contribution < 1.29 is 14.7 Å². The molecule has 2 bridgehead atoms. The zero-order valence-corrected chi connectivity index (χ0v) is 11.1. The number of hydrogen-bond acceptors (Lipinski definition) is 3. The average molecular weight is 264 g/mol. The molecule has 0 spiro atoms. The zero-order chi connectivity index (χ0) is 13.6. The summed E-state index contributed by atoms with van der Waals surface area (Å²) in [7, 11) is 2.03. The molecule has 5 heteroatoms. The first-order valence-corrected chi connectivity index (χ1v) is 6.96. The van der Waals surface area contributed by atoms with E-state index in [1.165, 1.54) is 0 Å². The van der Waals surface area contributed by atoms with Crippen molar-refractivity contribution in [3.8, 4) is 0 Å². The van der Waals surface area contributed by atoms with Crippen LogP contribution < -0.4 is 5.32 Å². The van der Waals surface area contributed by atoms with Crippen LogP contribution in [0.15, 0.2) is 12.2 Å². The van der Waals surface area contributed by atoms with Gasteiger partial charge in [0, 0.05) is 12.6 Å². The molecule has 3 rings (SSSR count). The Kier molecular flexibility index (Phi) is 3.09. The maximum absolute atomic E-state index is 12.4. The van der Waals surface area contributed by atoms with Crippen LogP contribution in [0.1, 0.15) is 12.8 Å². The van der Waals surface area contributed by atoms with E-state index in [0.29, 0.717) is 0 Å². The molecule has 1 aliphatic heterocycles. The molecule has 1 saturated carbocycles. The molecule has 19 heavy (non-hydrogen) atoms. The topological polar surface area (TPSA) is 69.6 Å². The summed E-state index contributed by atoms with van der Waals surface area (Å²) in [5, 5.41) is 12.4. The number of likely N-dealkylation sites (tertiary alicyclic amines) is 1. The van der Waals surface area contributed by atoms with E-state index in [-0.39, 0.29) is 29.7 Å². The highest BCUT2D eigenvalue weighted by Crippen LogP contribution is 2.48. The first-order chi connectivity index (χ1) is 9.06. The molecule has 3 aliphatic rings. The van der Waals surface area contributed by atoms with Gasteiger partial charge in [-0.25, -0.2) is 0 Å². The Balaban J connectivity index is 1.69. The SMILES string of the molecule is CN1CCC(NC(=O)C2C3C=CC(C3)C2C(=O)O)C1. The highest BCUT2D eigenvalue weighted by atomic mass is 16.4. The predicted octanol–water partition coefficient (Wildman–Crippen LogP) is 0.330. The first-order valence-electron chi connectivity index (χ1n) is 6.96. The minimum Gasteiger partial charge on any atom is -0.481 e. The number of allylic oxidation sites excluding steroid dienone is 2. The molecule has 5 unspecified atom stereocenters. The van der Waals surface area contributed by atoms with E-state index in [2.05, 4.69) is 10.2 Å². The van der Waals surface area contributed by atoms with Gasteiger partial charge in [0.2, 0.25) is 5.91 Å². The largest absolute Gasteiger partial charge is 0.481 e. The Bertz CT molecular complexity index is 434. The summed E-state index contributed by atoms with van der Waals surface area (Å²) in [6.45, 7) is 1.85. The second-order valence-electron chi connectivity index (χ2n) is 6.09. The number of rotatable bonds is 3. The maximum Gasteiger partial charge on any atom is 0.307 e. The minimum absolute atomic E-state index is 0.0458. The molecule has 1 saturated heterocycles. The molecular weight excluding hydrogens is 244 g/mol. The number of carbonyl (C=O) groups is 2. The van der Waals surface area contributed by atoms with Gasteiger partial charge in [-0.1, -0.05) is 12.2 Å². The van der Waals surface area contributed by atoms with Gasteiger partial charge in [-0.15, -0.1) is 0 Å². The van der Waals surface area contributed by atoms with Crippen LogP contribution in [0.25, 0.3) is 0 Å². The lowest BCUT2D eigenvalue weighted by Gasteiger charge is -2.25. The predicted molar refractivity (Wildman–Crippen MR) is 69.4 cm³/mol. The third-order valence-corrected chi connectivity index (χ3v) is 4.78. The third kappa shape index (κ3) is 2.16. The van der Waals surface area contributed by atoms with E-state index in [1.807, 2.05) is 19.2 Å². The van der Waals surface area contributed by atoms with Gasteiger partial charge >= 0.3 is 5.97 Å². The lowest BCUT2D eigenvalue weighted by atomic mass is 9.82. The summed E-state index contributed by atoms with van der Waals surface area (Å²) in [4.78, 5) is 25.9. The summed E-state index contributed by atoms with van der Waals surface area (Å²) < 4.78 is 0. The number of fused-ring (bicyclic) bond motifs is 2. The second kappa shape index (κ2) is 4.63. The number of hydrogen-bond donors (Lipinski definition) is 2. The quantitative estimate of drug-likeness (QED) is 0.721. The van der Waals surface area contributed by atoms with Crippen molar-refractivity contribution in [2.45, 2.75) is 18.9 Å². The van der Waals surface area contributed by atoms with Crippen LogP contribution in [0, 0.1) is 23.7 Å². The number of carboxylic acids is 1. The van der Waals surface area contributed by atoms with Crippen LogP contribution in [-0.4, -0.2) is 48.1 Å². The summed E-state index contributed by atoms with van der Waals surface area (Å²) in [5.74, 6) is -1.65. The van der Waals surface area contributed by atoms with Crippen molar-refractivity contribution in [3.63, 3.8) is 0 Å². The summed E-state index contributed by atoms with van der Waals surface area (Å²) in [6.07, 6.45) is 5.77. The van der Waals surface area contributed by atoms with E-state index in [9.17, 15) is 14.7 Å². The molecule has 104 valence electrons. The lowest BCUT2D eigenvalue weighted by molar-refractivity contribution is -0.148. The molecule has 0 aromatic heterocycles. The Morgan fingerprint density at radius 1 is 1.26 bits per heavy atom. The lowest BCUT2D eigenvalue weighted by Crippen LogP contribution is -2.45. The van der Waals surface area contributed by atoms with Crippen molar-refractivity contribution in [2.24, 2.45) is 23.7 Å². The molecule has 1 amide bonds. The van der Waals surface area contributed by atoms with Crippen LogP contribution in [0.2, 0.25) is 0 Å². The molecule has 2 fully saturated rings. The standard InChI is InChI=1S/C14H20N2O3/c1-16-5-4-10(7-16)15-13(17)11-8-2-3-9(6-8)12(11)14(18)19/h2-3,8-12H,4-7H2,1H3,(H,15,17)(H,18,19). The molecule has 2 aliphatic carbocycles. The molecule has 1 heterocycles. The van der Waals surface area contributed by atoms with Gasteiger partial charge in [0.05, 0.1) is 11.8 Å². The van der Waals surface area contributed by atoms with E-state index >= 15 is 0 Å². The molecule has 2 N–H and O–H groups in total. The van der Waals surface area contributed by atoms with Crippen LogP contribution in [0.5, 0.6) is 0 Å². The highest BCUT2D eigenvalue weighted by molar-refractivity contribution is 5.87. The third-order valence-electron chi connectivity index (χ3n) is 4.78. The Labute approximate surface area is 112 Å². The van der Waals surface area contributed by atoms with Gasteiger partial charge in [0.15, 0.2) is 0 Å². The molecule has 5 atom stereocenters. The molecule has 0 radical (unpaired) electrons. The van der Waals surface area contributed by atoms with Crippen LogP contribution >= 0.6 is 0 Å². The van der Waals surface area contributed by atoms with Gasteiger partial charge in [-0.3, -0.25) is 9.59 Å². The van der Waals surface area contributed by atoms with E-state index in [0.717, 1.165) is 25.9 Å². The Morgan fingerprint density at radius 3 is 2.53 bits per heavy atom. The monoisotopic (exact) mass is 264 g/mol. The maximum atomic E-state index is 12.4. The highest BCUT2D eigenvalue weighted by Gasteiger charge is 2.51. The molecule has 0 aromatic carbocycles. The number of carbonyl (C=O) groups excluding carboxylic acids is 1.